The van der Waals surface area contributed by atoms with Crippen LogP contribution in [0.1, 0.15) is 32.8 Å². The van der Waals surface area contributed by atoms with Crippen LogP contribution in [0.5, 0.6) is 5.75 Å². The van der Waals surface area contributed by atoms with Crippen molar-refractivity contribution in [2.75, 3.05) is 13.7 Å². The van der Waals surface area contributed by atoms with E-state index in [0.717, 1.165) is 16.3 Å². The maximum absolute atomic E-state index is 11.9. The van der Waals surface area contributed by atoms with Crippen LogP contribution < -0.4 is 4.74 Å². The van der Waals surface area contributed by atoms with Gasteiger partial charge in [-0.25, -0.2) is 4.79 Å². The first-order chi connectivity index (χ1) is 11.8. The monoisotopic (exact) mass is 344 g/mol. The first kappa shape index (κ1) is 18.8. The highest BCUT2D eigenvalue weighted by atomic mass is 16.6. The molecule has 25 heavy (non-hydrogen) atoms. The largest absolute Gasteiger partial charge is 0.481 e. The predicted molar refractivity (Wildman–Crippen MR) is 95.6 cm³/mol. The summed E-state index contributed by atoms with van der Waals surface area (Å²) in [5, 5.41) is 1.89. The molecule has 0 amide bonds. The third-order valence-corrected chi connectivity index (χ3v) is 3.56. The Kier molecular flexibility index (Phi) is 6.02. The van der Waals surface area contributed by atoms with E-state index in [0.29, 0.717) is 18.6 Å². The van der Waals surface area contributed by atoms with Crippen LogP contribution in [-0.4, -0.2) is 31.3 Å². The average Bonchev–Trinajstić information content (AvgIpc) is 2.56. The lowest BCUT2D eigenvalue weighted by Gasteiger charge is -2.19. The molecule has 0 aliphatic rings. The van der Waals surface area contributed by atoms with E-state index < -0.39 is 11.6 Å². The summed E-state index contributed by atoms with van der Waals surface area (Å²) in [5.41, 5.74) is 0.553. The number of carbonyl (C=O) groups excluding carboxylic acids is 2. The van der Waals surface area contributed by atoms with Crippen LogP contribution in [0.15, 0.2) is 36.4 Å². The van der Waals surface area contributed by atoms with Crippen molar-refractivity contribution in [1.29, 1.82) is 0 Å². The van der Waals surface area contributed by atoms with Gasteiger partial charge in [-0.2, -0.15) is 0 Å². The Morgan fingerprint density at radius 3 is 2.32 bits per heavy atom. The molecule has 0 heterocycles. The van der Waals surface area contributed by atoms with Gasteiger partial charge in [0.1, 0.15) is 11.4 Å². The molecule has 0 N–H and O–H groups in total. The van der Waals surface area contributed by atoms with E-state index in [2.05, 4.69) is 4.74 Å². The van der Waals surface area contributed by atoms with Gasteiger partial charge in [-0.05, 0) is 44.2 Å². The van der Waals surface area contributed by atoms with Crippen molar-refractivity contribution >= 4 is 22.7 Å². The molecule has 5 heteroatoms. The highest BCUT2D eigenvalue weighted by Gasteiger charge is 2.16. The Bertz CT molecular complexity index is 758. The Morgan fingerprint density at radius 2 is 1.64 bits per heavy atom. The fraction of sp³-hybridized carbons (Fsp3) is 0.400. The first-order valence-corrected chi connectivity index (χ1v) is 8.22. The van der Waals surface area contributed by atoms with Crippen LogP contribution >= 0.6 is 0 Å². The second-order valence-electron chi connectivity index (χ2n) is 6.72. The van der Waals surface area contributed by atoms with Crippen molar-refractivity contribution in [3.8, 4) is 5.75 Å². The SMILES string of the molecule is COC(=O)COc1cccc2c(CCC(=O)OC(C)(C)C)cccc12. The number of hydrogen-bond donors (Lipinski definition) is 0. The quantitative estimate of drug-likeness (QED) is 0.748. The van der Waals surface area contributed by atoms with Gasteiger partial charge >= 0.3 is 11.9 Å². The topological polar surface area (TPSA) is 61.8 Å². The number of fused-ring (bicyclic) bond motifs is 1. The lowest BCUT2D eigenvalue weighted by molar-refractivity contribution is -0.154. The average molecular weight is 344 g/mol. The lowest BCUT2D eigenvalue weighted by atomic mass is 10.0. The highest BCUT2D eigenvalue weighted by Crippen LogP contribution is 2.29. The van der Waals surface area contributed by atoms with Crippen LogP contribution in [-0.2, 0) is 25.5 Å². The van der Waals surface area contributed by atoms with Crippen LogP contribution in [0.25, 0.3) is 10.8 Å². The van der Waals surface area contributed by atoms with Gasteiger partial charge in [0, 0.05) is 11.8 Å². The molecular weight excluding hydrogens is 320 g/mol. The molecule has 0 saturated heterocycles. The van der Waals surface area contributed by atoms with Gasteiger partial charge in [-0.1, -0.05) is 30.3 Å². The van der Waals surface area contributed by atoms with E-state index in [9.17, 15) is 9.59 Å². The molecule has 0 unspecified atom stereocenters. The molecule has 2 rings (SSSR count). The van der Waals surface area contributed by atoms with Gasteiger partial charge in [-0.15, -0.1) is 0 Å². The molecule has 0 fully saturated rings. The van der Waals surface area contributed by atoms with Gasteiger partial charge in [0.05, 0.1) is 7.11 Å². The van der Waals surface area contributed by atoms with Crippen molar-refractivity contribution in [3.05, 3.63) is 42.0 Å². The van der Waals surface area contributed by atoms with Gasteiger partial charge in [0.2, 0.25) is 0 Å². The fourth-order valence-corrected chi connectivity index (χ4v) is 2.51. The molecule has 0 bridgehead atoms. The Labute approximate surface area is 147 Å². The zero-order valence-corrected chi connectivity index (χ0v) is 15.1. The van der Waals surface area contributed by atoms with E-state index in [1.165, 1.54) is 7.11 Å². The van der Waals surface area contributed by atoms with Crippen LogP contribution in [0.3, 0.4) is 0 Å². The third-order valence-electron chi connectivity index (χ3n) is 3.56. The summed E-state index contributed by atoms with van der Waals surface area (Å²) >= 11 is 0. The minimum atomic E-state index is -0.481. The summed E-state index contributed by atoms with van der Waals surface area (Å²) in [6.07, 6.45) is 0.885. The van der Waals surface area contributed by atoms with Crippen LogP contribution in [0.4, 0.5) is 0 Å². The number of rotatable bonds is 6. The molecule has 5 nitrogen and oxygen atoms in total. The molecule has 0 spiro atoms. The van der Waals surface area contributed by atoms with Crippen molar-refractivity contribution < 1.29 is 23.8 Å². The summed E-state index contributed by atoms with van der Waals surface area (Å²) in [5.74, 6) is -0.0392. The zero-order valence-electron chi connectivity index (χ0n) is 15.1. The van der Waals surface area contributed by atoms with Crippen molar-refractivity contribution in [2.24, 2.45) is 0 Å². The molecule has 0 saturated carbocycles. The molecule has 2 aromatic carbocycles. The van der Waals surface area contributed by atoms with E-state index in [4.69, 9.17) is 9.47 Å². The van der Waals surface area contributed by atoms with E-state index in [-0.39, 0.29) is 12.6 Å². The van der Waals surface area contributed by atoms with Crippen LogP contribution in [0, 0.1) is 0 Å². The predicted octanol–water partition coefficient (Wildman–Crippen LogP) is 3.67. The van der Waals surface area contributed by atoms with Gasteiger partial charge in [-0.3, -0.25) is 4.79 Å². The number of carbonyl (C=O) groups is 2. The van der Waals surface area contributed by atoms with E-state index in [1.54, 1.807) is 0 Å². The minimum Gasteiger partial charge on any atom is -0.481 e. The van der Waals surface area contributed by atoms with E-state index >= 15 is 0 Å². The Hall–Kier alpha value is -2.56. The van der Waals surface area contributed by atoms with Gasteiger partial charge < -0.3 is 14.2 Å². The van der Waals surface area contributed by atoms with Crippen LogP contribution in [0.2, 0.25) is 0 Å². The zero-order chi connectivity index (χ0) is 18.4. The summed E-state index contributed by atoms with van der Waals surface area (Å²) in [6, 6.07) is 11.5. The smallest absolute Gasteiger partial charge is 0.343 e. The summed E-state index contributed by atoms with van der Waals surface area (Å²) < 4.78 is 15.5. The minimum absolute atomic E-state index is 0.141. The molecular formula is C20H24O5. The highest BCUT2D eigenvalue weighted by molar-refractivity contribution is 5.91. The lowest BCUT2D eigenvalue weighted by Crippen LogP contribution is -2.24. The molecule has 0 atom stereocenters. The van der Waals surface area contributed by atoms with Crippen molar-refractivity contribution in [1.82, 2.24) is 0 Å². The molecule has 0 aromatic heterocycles. The molecule has 0 radical (unpaired) electrons. The Morgan fingerprint density at radius 1 is 0.960 bits per heavy atom. The second-order valence-corrected chi connectivity index (χ2v) is 6.72. The van der Waals surface area contributed by atoms with E-state index in [1.807, 2.05) is 57.2 Å². The third kappa shape index (κ3) is 5.48. The Balaban J connectivity index is 2.16. The second kappa shape index (κ2) is 8.01. The molecule has 134 valence electrons. The summed E-state index contributed by atoms with van der Waals surface area (Å²) in [7, 11) is 1.32. The maximum Gasteiger partial charge on any atom is 0.343 e. The number of aryl methyl sites for hydroxylation is 1. The fourth-order valence-electron chi connectivity index (χ4n) is 2.51. The number of esters is 2. The summed E-state index contributed by atoms with van der Waals surface area (Å²) in [4.78, 5) is 23.2. The summed E-state index contributed by atoms with van der Waals surface area (Å²) in [6.45, 7) is 5.42. The van der Waals surface area contributed by atoms with Crippen molar-refractivity contribution in [2.45, 2.75) is 39.2 Å². The normalized spacial score (nSPS) is 11.2. The maximum atomic E-state index is 11.9. The van der Waals surface area contributed by atoms with Crippen molar-refractivity contribution in [3.63, 3.8) is 0 Å². The number of ether oxygens (including phenoxy) is 3. The molecule has 2 aromatic rings. The molecule has 0 aliphatic carbocycles. The number of methoxy groups -OCH3 is 1. The van der Waals surface area contributed by atoms with Gasteiger partial charge in [0.15, 0.2) is 6.61 Å². The number of hydrogen-bond acceptors (Lipinski definition) is 5. The standard InChI is InChI=1S/C20H24O5/c1-20(2,3)25-18(21)12-11-14-7-5-9-16-15(14)8-6-10-17(16)24-13-19(22)23-4/h5-10H,11-13H2,1-4H3. The molecule has 0 aliphatic heterocycles. The van der Waals surface area contributed by atoms with Gasteiger partial charge in [0.25, 0.3) is 0 Å². The first-order valence-electron chi connectivity index (χ1n) is 8.22. The number of benzene rings is 2.